The van der Waals surface area contributed by atoms with Crippen LogP contribution in [-0.4, -0.2) is 4.92 Å². The molecule has 0 aromatic carbocycles. The van der Waals surface area contributed by atoms with Crippen molar-refractivity contribution < 1.29 is 4.92 Å². The Hall–Kier alpha value is -0.940. The fourth-order valence-corrected chi connectivity index (χ4v) is 2.47. The van der Waals surface area contributed by atoms with Crippen molar-refractivity contribution in [1.29, 1.82) is 0 Å². The molecule has 1 aromatic rings. The van der Waals surface area contributed by atoms with Crippen LogP contribution < -0.4 is 5.73 Å². The molecule has 0 atom stereocenters. The smallest absolute Gasteiger partial charge is 0.321 e. The van der Waals surface area contributed by atoms with E-state index < -0.39 is 5.54 Å². The minimum atomic E-state index is -0.414. The lowest BCUT2D eigenvalue weighted by Crippen LogP contribution is -2.43. The van der Waals surface area contributed by atoms with Crippen LogP contribution in [0, 0.1) is 10.1 Å². The Balaban J connectivity index is 2.39. The quantitative estimate of drug-likeness (QED) is 0.583. The molecule has 1 fully saturated rings. The molecule has 0 unspecified atom stereocenters. The lowest BCUT2D eigenvalue weighted by atomic mass is 9.73. The first-order chi connectivity index (χ1) is 6.13. The Morgan fingerprint density at radius 3 is 2.77 bits per heavy atom. The van der Waals surface area contributed by atoms with Gasteiger partial charge in [-0.05, 0) is 30.7 Å². The van der Waals surface area contributed by atoms with Gasteiger partial charge in [-0.25, -0.2) is 0 Å². The molecule has 0 spiro atoms. The van der Waals surface area contributed by atoms with Gasteiger partial charge in [0.1, 0.15) is 0 Å². The van der Waals surface area contributed by atoms with E-state index >= 15 is 0 Å². The van der Waals surface area contributed by atoms with Gasteiger partial charge in [0.15, 0.2) is 0 Å². The van der Waals surface area contributed by atoms with Crippen molar-refractivity contribution in [3.8, 4) is 0 Å². The first-order valence-corrected chi connectivity index (χ1v) is 5.03. The van der Waals surface area contributed by atoms with Crippen LogP contribution >= 0.6 is 11.3 Å². The molecule has 2 N–H and O–H groups in total. The van der Waals surface area contributed by atoms with E-state index in [1.165, 1.54) is 0 Å². The van der Waals surface area contributed by atoms with Gasteiger partial charge in [0.25, 0.3) is 0 Å². The zero-order chi connectivity index (χ0) is 9.47. The zero-order valence-electron chi connectivity index (χ0n) is 7.03. The average Bonchev–Trinajstić information content (AvgIpc) is 2.47. The van der Waals surface area contributed by atoms with Gasteiger partial charge in [-0.2, -0.15) is 0 Å². The number of rotatable bonds is 2. The third-order valence-corrected chi connectivity index (χ3v) is 3.46. The number of nitro groups is 1. The summed E-state index contributed by atoms with van der Waals surface area (Å²) in [5.74, 6) is 0. The number of hydrogen-bond donors (Lipinski definition) is 1. The number of nitrogens with two attached hydrogens (primary N) is 1. The van der Waals surface area contributed by atoms with Gasteiger partial charge in [0, 0.05) is 5.54 Å². The van der Waals surface area contributed by atoms with Gasteiger partial charge in [-0.3, -0.25) is 10.1 Å². The SMILES string of the molecule is NC1(c2ccsc2[N+](=O)[O-])CCC1. The first kappa shape index (κ1) is 8.65. The fraction of sp³-hybridized carbons (Fsp3) is 0.500. The molecule has 0 radical (unpaired) electrons. The van der Waals surface area contributed by atoms with Gasteiger partial charge in [-0.1, -0.05) is 11.3 Å². The van der Waals surface area contributed by atoms with E-state index in [1.54, 1.807) is 11.4 Å². The van der Waals surface area contributed by atoms with Crippen molar-refractivity contribution in [2.75, 3.05) is 0 Å². The highest BCUT2D eigenvalue weighted by molar-refractivity contribution is 7.13. The molecule has 0 amide bonds. The Bertz CT molecular complexity index is 344. The molecule has 1 aliphatic rings. The molecular formula is C8H10N2O2S. The predicted molar refractivity (Wildman–Crippen MR) is 50.7 cm³/mol. The summed E-state index contributed by atoms with van der Waals surface area (Å²) in [6.45, 7) is 0. The van der Waals surface area contributed by atoms with E-state index in [0.717, 1.165) is 30.6 Å². The van der Waals surface area contributed by atoms with Crippen LogP contribution in [0.1, 0.15) is 24.8 Å². The second-order valence-corrected chi connectivity index (χ2v) is 4.30. The van der Waals surface area contributed by atoms with Crippen molar-refractivity contribution in [2.45, 2.75) is 24.8 Å². The molecule has 1 aromatic heterocycles. The van der Waals surface area contributed by atoms with Crippen LogP contribution in [0.5, 0.6) is 0 Å². The van der Waals surface area contributed by atoms with E-state index in [1.807, 2.05) is 0 Å². The average molecular weight is 198 g/mol. The molecule has 0 saturated heterocycles. The van der Waals surface area contributed by atoms with Gasteiger partial charge in [0.2, 0.25) is 0 Å². The van der Waals surface area contributed by atoms with Gasteiger partial charge >= 0.3 is 5.00 Å². The van der Waals surface area contributed by atoms with Crippen LogP contribution in [0.3, 0.4) is 0 Å². The monoisotopic (exact) mass is 198 g/mol. The Kier molecular flexibility index (Phi) is 1.85. The maximum Gasteiger partial charge on any atom is 0.329 e. The largest absolute Gasteiger partial charge is 0.329 e. The van der Waals surface area contributed by atoms with Crippen LogP contribution in [0.25, 0.3) is 0 Å². The summed E-state index contributed by atoms with van der Waals surface area (Å²) in [5.41, 5.74) is 6.31. The number of hydrogen-bond acceptors (Lipinski definition) is 4. The summed E-state index contributed by atoms with van der Waals surface area (Å²) < 4.78 is 0. The molecular weight excluding hydrogens is 188 g/mol. The summed E-state index contributed by atoms with van der Waals surface area (Å²) in [5, 5.41) is 12.6. The minimum Gasteiger partial charge on any atom is -0.321 e. The van der Waals surface area contributed by atoms with Crippen molar-refractivity contribution in [1.82, 2.24) is 0 Å². The van der Waals surface area contributed by atoms with E-state index in [0.29, 0.717) is 5.56 Å². The van der Waals surface area contributed by atoms with Crippen molar-refractivity contribution in [3.05, 3.63) is 27.1 Å². The summed E-state index contributed by atoms with van der Waals surface area (Å²) in [7, 11) is 0. The molecule has 0 aliphatic heterocycles. The van der Waals surface area contributed by atoms with E-state index in [4.69, 9.17) is 5.73 Å². The Morgan fingerprint density at radius 2 is 2.31 bits per heavy atom. The molecule has 70 valence electrons. The molecule has 1 heterocycles. The van der Waals surface area contributed by atoms with Crippen molar-refractivity contribution >= 4 is 16.3 Å². The molecule has 2 rings (SSSR count). The summed E-state index contributed by atoms with van der Waals surface area (Å²) >= 11 is 1.15. The molecule has 1 aliphatic carbocycles. The third-order valence-electron chi connectivity index (χ3n) is 2.59. The minimum absolute atomic E-state index is 0.210. The highest BCUT2D eigenvalue weighted by Gasteiger charge is 2.40. The van der Waals surface area contributed by atoms with E-state index in [-0.39, 0.29) is 9.92 Å². The van der Waals surface area contributed by atoms with Crippen LogP contribution in [0.15, 0.2) is 11.4 Å². The molecule has 13 heavy (non-hydrogen) atoms. The lowest BCUT2D eigenvalue weighted by Gasteiger charge is -2.36. The summed E-state index contributed by atoms with van der Waals surface area (Å²) in [6, 6.07) is 1.78. The topological polar surface area (TPSA) is 69.2 Å². The summed E-state index contributed by atoms with van der Waals surface area (Å²) in [6.07, 6.45) is 2.80. The predicted octanol–water partition coefficient (Wildman–Crippen LogP) is 1.99. The van der Waals surface area contributed by atoms with Gasteiger partial charge < -0.3 is 5.73 Å². The van der Waals surface area contributed by atoms with Crippen molar-refractivity contribution in [3.63, 3.8) is 0 Å². The maximum absolute atomic E-state index is 10.6. The molecule has 0 bridgehead atoms. The second kappa shape index (κ2) is 2.78. The van der Waals surface area contributed by atoms with Gasteiger partial charge in [-0.15, -0.1) is 0 Å². The molecule has 5 heteroatoms. The van der Waals surface area contributed by atoms with Crippen LogP contribution in [0.4, 0.5) is 5.00 Å². The van der Waals surface area contributed by atoms with Crippen molar-refractivity contribution in [2.24, 2.45) is 5.73 Å². The number of thiophene rings is 1. The highest BCUT2D eigenvalue weighted by atomic mass is 32.1. The van der Waals surface area contributed by atoms with E-state index in [2.05, 4.69) is 0 Å². The first-order valence-electron chi connectivity index (χ1n) is 4.15. The second-order valence-electron chi connectivity index (χ2n) is 3.41. The third kappa shape index (κ3) is 1.24. The van der Waals surface area contributed by atoms with E-state index in [9.17, 15) is 10.1 Å². The fourth-order valence-electron chi connectivity index (χ4n) is 1.65. The zero-order valence-corrected chi connectivity index (χ0v) is 7.84. The van der Waals surface area contributed by atoms with Crippen LogP contribution in [-0.2, 0) is 5.54 Å². The standard InChI is InChI=1S/C8H10N2O2S/c9-8(3-1-4-8)6-2-5-13-7(6)10(11)12/h2,5H,1,3-4,9H2. The summed E-state index contributed by atoms with van der Waals surface area (Å²) in [4.78, 5) is 10.3. The lowest BCUT2D eigenvalue weighted by molar-refractivity contribution is -0.381. The van der Waals surface area contributed by atoms with Gasteiger partial charge in [0.05, 0.1) is 10.5 Å². The molecule has 4 nitrogen and oxygen atoms in total. The number of nitrogens with zero attached hydrogens (tertiary/aromatic N) is 1. The maximum atomic E-state index is 10.6. The molecule has 1 saturated carbocycles. The van der Waals surface area contributed by atoms with Crippen LogP contribution in [0.2, 0.25) is 0 Å². The Labute approximate surface area is 79.5 Å². The normalized spacial score (nSPS) is 19.5. The highest BCUT2D eigenvalue weighted by Crippen LogP contribution is 2.44. The Morgan fingerprint density at radius 1 is 1.62 bits per heavy atom.